The van der Waals surface area contributed by atoms with E-state index >= 15 is 0 Å². The average Bonchev–Trinajstić information content (AvgIpc) is 2.88. The number of carbonyl (C=O) groups excluding carboxylic acids is 1. The van der Waals surface area contributed by atoms with Crippen LogP contribution >= 0.6 is 27.7 Å². The lowest BCUT2D eigenvalue weighted by Gasteiger charge is -2.12. The lowest BCUT2D eigenvalue weighted by Crippen LogP contribution is -2.29. The summed E-state index contributed by atoms with van der Waals surface area (Å²) in [6.45, 7) is 4.10. The van der Waals surface area contributed by atoms with Gasteiger partial charge in [-0.05, 0) is 59.8 Å². The van der Waals surface area contributed by atoms with Crippen LogP contribution < -0.4 is 0 Å². The number of aliphatic imine (C=N–C) groups is 1. The summed E-state index contributed by atoms with van der Waals surface area (Å²) < 4.78 is 0.989. The van der Waals surface area contributed by atoms with E-state index in [1.807, 2.05) is 30.3 Å². The quantitative estimate of drug-likeness (QED) is 0.568. The fourth-order valence-corrected chi connectivity index (χ4v) is 3.50. The van der Waals surface area contributed by atoms with Crippen molar-refractivity contribution in [3.8, 4) is 5.75 Å². The smallest absolute Gasteiger partial charge is 0.267 e. The van der Waals surface area contributed by atoms with Gasteiger partial charge in [-0.1, -0.05) is 34.1 Å². The van der Waals surface area contributed by atoms with Gasteiger partial charge in [0.05, 0.1) is 10.6 Å². The van der Waals surface area contributed by atoms with E-state index in [0.29, 0.717) is 22.3 Å². The minimum atomic E-state index is -0.0923. The Bertz CT molecular complexity index is 858. The molecule has 1 heterocycles. The fraction of sp³-hybridized carbons (Fsp3) is 0.0526. The maximum absolute atomic E-state index is 12.7. The molecular weight excluding hydrogens is 400 g/mol. The van der Waals surface area contributed by atoms with Crippen LogP contribution in [-0.4, -0.2) is 27.6 Å². The highest BCUT2D eigenvalue weighted by molar-refractivity contribution is 9.10. The molecule has 0 aromatic heterocycles. The first-order valence-electron chi connectivity index (χ1n) is 7.52. The largest absolute Gasteiger partial charge is 0.508 e. The van der Waals surface area contributed by atoms with Crippen molar-refractivity contribution >= 4 is 50.5 Å². The Morgan fingerprint density at radius 1 is 1.16 bits per heavy atom. The van der Waals surface area contributed by atoms with E-state index in [9.17, 15) is 9.90 Å². The zero-order chi connectivity index (χ0) is 17.8. The van der Waals surface area contributed by atoms with Crippen LogP contribution in [0, 0.1) is 0 Å². The topological polar surface area (TPSA) is 52.9 Å². The molecule has 6 heteroatoms. The predicted octanol–water partition coefficient (Wildman–Crippen LogP) is 4.94. The van der Waals surface area contributed by atoms with E-state index in [1.54, 1.807) is 35.2 Å². The lowest BCUT2D eigenvalue weighted by atomic mass is 10.2. The monoisotopic (exact) mass is 414 g/mol. The molecule has 4 nitrogen and oxygen atoms in total. The molecule has 126 valence electrons. The standard InChI is InChI=1S/C19H15BrN2O2S/c1-2-11-22-18(24)17(12-13-3-5-14(20)6-4-13)25-19(22)21-15-7-9-16(23)10-8-15/h2-10,12,23H,1,11H2/b17-12-,21-19?. The highest BCUT2D eigenvalue weighted by Crippen LogP contribution is 2.34. The van der Waals surface area contributed by atoms with Gasteiger partial charge in [0.15, 0.2) is 5.17 Å². The van der Waals surface area contributed by atoms with Gasteiger partial charge in [-0.3, -0.25) is 9.69 Å². The third-order valence-electron chi connectivity index (χ3n) is 3.44. The van der Waals surface area contributed by atoms with Crippen molar-refractivity contribution in [3.63, 3.8) is 0 Å². The van der Waals surface area contributed by atoms with Crippen LogP contribution in [0.25, 0.3) is 6.08 Å². The summed E-state index contributed by atoms with van der Waals surface area (Å²) >= 11 is 4.73. The number of hydrogen-bond acceptors (Lipinski definition) is 4. The number of carbonyl (C=O) groups is 1. The Morgan fingerprint density at radius 2 is 1.84 bits per heavy atom. The molecule has 25 heavy (non-hydrogen) atoms. The van der Waals surface area contributed by atoms with E-state index in [4.69, 9.17) is 0 Å². The van der Waals surface area contributed by atoms with Gasteiger partial charge >= 0.3 is 0 Å². The van der Waals surface area contributed by atoms with Crippen molar-refractivity contribution < 1.29 is 9.90 Å². The van der Waals surface area contributed by atoms with Gasteiger partial charge in [0.25, 0.3) is 5.91 Å². The molecule has 1 aliphatic rings. The third-order valence-corrected chi connectivity index (χ3v) is 4.98. The Hall–Kier alpha value is -2.31. The summed E-state index contributed by atoms with van der Waals surface area (Å²) in [5, 5.41) is 9.97. The Labute approximate surface area is 158 Å². The van der Waals surface area contributed by atoms with Crippen LogP contribution in [0.5, 0.6) is 5.75 Å². The van der Waals surface area contributed by atoms with E-state index in [1.165, 1.54) is 11.8 Å². The fourth-order valence-electron chi connectivity index (χ4n) is 2.23. The van der Waals surface area contributed by atoms with Crippen molar-refractivity contribution in [2.45, 2.75) is 0 Å². The molecule has 3 rings (SSSR count). The average molecular weight is 415 g/mol. The van der Waals surface area contributed by atoms with E-state index in [-0.39, 0.29) is 11.7 Å². The molecular formula is C19H15BrN2O2S. The van der Waals surface area contributed by atoms with Crippen molar-refractivity contribution in [3.05, 3.63) is 76.1 Å². The molecule has 2 aromatic rings. The number of amidine groups is 1. The summed E-state index contributed by atoms with van der Waals surface area (Å²) in [4.78, 5) is 19.4. The second kappa shape index (κ2) is 7.72. The predicted molar refractivity (Wildman–Crippen MR) is 107 cm³/mol. The molecule has 0 bridgehead atoms. The van der Waals surface area contributed by atoms with Crippen LogP contribution in [-0.2, 0) is 4.79 Å². The van der Waals surface area contributed by atoms with Gasteiger partial charge in [0, 0.05) is 11.0 Å². The number of phenolic OH excluding ortho intramolecular Hbond substituents is 1. The van der Waals surface area contributed by atoms with E-state index in [2.05, 4.69) is 27.5 Å². The number of benzene rings is 2. The molecule has 1 saturated heterocycles. The van der Waals surface area contributed by atoms with Crippen LogP contribution in [0.3, 0.4) is 0 Å². The summed E-state index contributed by atoms with van der Waals surface area (Å²) in [6.07, 6.45) is 3.53. The van der Waals surface area contributed by atoms with Gasteiger partial charge in [0.1, 0.15) is 5.75 Å². The van der Waals surface area contributed by atoms with Gasteiger partial charge < -0.3 is 5.11 Å². The number of thioether (sulfide) groups is 1. The maximum atomic E-state index is 12.7. The normalized spacial score (nSPS) is 17.5. The maximum Gasteiger partial charge on any atom is 0.267 e. The highest BCUT2D eigenvalue weighted by atomic mass is 79.9. The van der Waals surface area contributed by atoms with Crippen LogP contribution in [0.1, 0.15) is 5.56 Å². The Balaban J connectivity index is 1.93. The molecule has 0 aliphatic carbocycles. The molecule has 1 fully saturated rings. The molecule has 1 amide bonds. The SMILES string of the molecule is C=CCN1C(=O)/C(=C/c2ccc(Br)cc2)SC1=Nc1ccc(O)cc1. The number of aromatic hydroxyl groups is 1. The number of hydrogen-bond donors (Lipinski definition) is 1. The molecule has 0 unspecified atom stereocenters. The Kier molecular flexibility index (Phi) is 5.40. The zero-order valence-electron chi connectivity index (χ0n) is 13.2. The zero-order valence-corrected chi connectivity index (χ0v) is 15.6. The van der Waals surface area contributed by atoms with Gasteiger partial charge in [-0.25, -0.2) is 4.99 Å². The number of phenols is 1. The molecule has 0 spiro atoms. The van der Waals surface area contributed by atoms with Gasteiger partial charge in [-0.15, -0.1) is 6.58 Å². The minimum absolute atomic E-state index is 0.0923. The van der Waals surface area contributed by atoms with Crippen molar-refractivity contribution in [1.29, 1.82) is 0 Å². The molecule has 0 atom stereocenters. The van der Waals surface area contributed by atoms with Crippen LogP contribution in [0.2, 0.25) is 0 Å². The number of rotatable bonds is 4. The number of nitrogens with zero attached hydrogens (tertiary/aromatic N) is 2. The number of amides is 1. The number of halogens is 1. The van der Waals surface area contributed by atoms with E-state index in [0.717, 1.165) is 10.0 Å². The van der Waals surface area contributed by atoms with Crippen molar-refractivity contribution in [2.75, 3.05) is 6.54 Å². The summed E-state index contributed by atoms with van der Waals surface area (Å²) in [5.41, 5.74) is 1.62. The lowest BCUT2D eigenvalue weighted by molar-refractivity contribution is -0.121. The van der Waals surface area contributed by atoms with Crippen LogP contribution in [0.4, 0.5) is 5.69 Å². The van der Waals surface area contributed by atoms with Gasteiger partial charge in [0.2, 0.25) is 0 Å². The summed E-state index contributed by atoms with van der Waals surface area (Å²) in [5.74, 6) is 0.0863. The Morgan fingerprint density at radius 3 is 2.48 bits per heavy atom. The van der Waals surface area contributed by atoms with E-state index < -0.39 is 0 Å². The summed E-state index contributed by atoms with van der Waals surface area (Å²) in [6, 6.07) is 14.3. The van der Waals surface area contributed by atoms with Crippen molar-refractivity contribution in [1.82, 2.24) is 4.90 Å². The second-order valence-electron chi connectivity index (χ2n) is 5.28. The molecule has 1 N–H and O–H groups in total. The minimum Gasteiger partial charge on any atom is -0.508 e. The van der Waals surface area contributed by atoms with Gasteiger partial charge in [-0.2, -0.15) is 0 Å². The van der Waals surface area contributed by atoms with Crippen LogP contribution in [0.15, 0.2) is 75.6 Å². The molecule has 1 aliphatic heterocycles. The first kappa shape index (κ1) is 17.5. The van der Waals surface area contributed by atoms with Crippen molar-refractivity contribution in [2.24, 2.45) is 4.99 Å². The summed E-state index contributed by atoms with van der Waals surface area (Å²) in [7, 11) is 0. The molecule has 0 radical (unpaired) electrons. The first-order chi connectivity index (χ1) is 12.1. The molecule has 0 saturated carbocycles. The first-order valence-corrected chi connectivity index (χ1v) is 9.13. The molecule has 2 aromatic carbocycles. The second-order valence-corrected chi connectivity index (χ2v) is 7.20. The highest BCUT2D eigenvalue weighted by Gasteiger charge is 2.32. The third kappa shape index (κ3) is 4.21.